The highest BCUT2D eigenvalue weighted by Gasteiger charge is 2.21. The molecule has 0 saturated carbocycles. The Morgan fingerprint density at radius 1 is 1.23 bits per heavy atom. The number of sulfone groups is 1. The molecule has 0 aliphatic carbocycles. The summed E-state index contributed by atoms with van der Waals surface area (Å²) in [4.78, 5) is -0.458. The normalized spacial score (nSPS) is 11.7. The highest BCUT2D eigenvalue weighted by molar-refractivity contribution is 7.95. The number of rotatable bonds is 6. The number of halogens is 2. The number of benzene rings is 2. The van der Waals surface area contributed by atoms with E-state index in [1.807, 2.05) is 0 Å². The van der Waals surface area contributed by atoms with Crippen molar-refractivity contribution < 1.29 is 17.9 Å². The van der Waals surface area contributed by atoms with E-state index in [-0.39, 0.29) is 9.92 Å². The van der Waals surface area contributed by atoms with Crippen molar-refractivity contribution in [3.05, 3.63) is 56.9 Å². The first-order valence-corrected chi connectivity index (χ1v) is 9.70. The summed E-state index contributed by atoms with van der Waals surface area (Å²) in [5.74, 6) is 0.694. The van der Waals surface area contributed by atoms with Crippen LogP contribution < -0.4 is 9.47 Å². The lowest BCUT2D eigenvalue weighted by Gasteiger charge is -2.12. The van der Waals surface area contributed by atoms with Crippen molar-refractivity contribution in [3.8, 4) is 17.6 Å². The standard InChI is InChI=1S/C18H15Cl2NO4S/c1-3-25-18-16(20)9-12(10-17(18)24-2)8-15(11-21)26(22,23)14-6-4-13(19)5-7-14/h4-10H,3H2,1-2H3/b15-8+. The summed E-state index contributed by atoms with van der Waals surface area (Å²) in [7, 11) is -2.55. The van der Waals surface area contributed by atoms with Crippen LogP contribution in [-0.2, 0) is 9.84 Å². The van der Waals surface area contributed by atoms with Crippen LogP contribution in [0.3, 0.4) is 0 Å². The lowest BCUT2D eigenvalue weighted by atomic mass is 10.2. The average Bonchev–Trinajstić information content (AvgIpc) is 2.61. The Bertz CT molecular complexity index is 977. The zero-order valence-corrected chi connectivity index (χ0v) is 16.3. The second-order valence-corrected chi connectivity index (χ2v) is 7.81. The number of methoxy groups -OCH3 is 1. The molecule has 0 aromatic heterocycles. The van der Waals surface area contributed by atoms with Gasteiger partial charge in [0.2, 0.25) is 9.84 Å². The maximum absolute atomic E-state index is 12.7. The maximum Gasteiger partial charge on any atom is 0.216 e. The van der Waals surface area contributed by atoms with E-state index >= 15 is 0 Å². The van der Waals surface area contributed by atoms with Crippen molar-refractivity contribution >= 4 is 39.1 Å². The Morgan fingerprint density at radius 3 is 2.42 bits per heavy atom. The second kappa shape index (κ2) is 8.45. The van der Waals surface area contributed by atoms with Crippen LogP contribution in [0, 0.1) is 11.3 Å². The molecule has 8 heteroatoms. The minimum absolute atomic E-state index is 0.0290. The topological polar surface area (TPSA) is 76.4 Å². The smallest absolute Gasteiger partial charge is 0.216 e. The Kier molecular flexibility index (Phi) is 6.54. The molecule has 0 heterocycles. The van der Waals surface area contributed by atoms with Gasteiger partial charge in [0.05, 0.1) is 23.6 Å². The molecule has 0 radical (unpaired) electrons. The lowest BCUT2D eigenvalue weighted by molar-refractivity contribution is 0.311. The first-order chi connectivity index (χ1) is 12.3. The predicted octanol–water partition coefficient (Wildman–Crippen LogP) is 4.74. The number of hydrogen-bond acceptors (Lipinski definition) is 5. The van der Waals surface area contributed by atoms with Crippen LogP contribution in [0.25, 0.3) is 6.08 Å². The summed E-state index contributed by atoms with van der Waals surface area (Å²) in [6, 6.07) is 10.3. The summed E-state index contributed by atoms with van der Waals surface area (Å²) in [5, 5.41) is 10.0. The van der Waals surface area contributed by atoms with E-state index < -0.39 is 14.7 Å². The zero-order valence-electron chi connectivity index (χ0n) is 14.0. The van der Waals surface area contributed by atoms with Gasteiger partial charge in [-0.25, -0.2) is 8.42 Å². The van der Waals surface area contributed by atoms with Crippen molar-refractivity contribution in [1.82, 2.24) is 0 Å². The Hall–Kier alpha value is -2.20. The van der Waals surface area contributed by atoms with Gasteiger partial charge in [-0.05, 0) is 55.0 Å². The molecule has 136 valence electrons. The maximum atomic E-state index is 12.7. The molecule has 5 nitrogen and oxygen atoms in total. The van der Waals surface area contributed by atoms with Crippen molar-refractivity contribution in [2.24, 2.45) is 0 Å². The summed E-state index contributed by atoms with van der Waals surface area (Å²) in [6.07, 6.45) is 1.23. The van der Waals surface area contributed by atoms with Gasteiger partial charge >= 0.3 is 0 Å². The van der Waals surface area contributed by atoms with Crippen molar-refractivity contribution in [1.29, 1.82) is 5.26 Å². The number of hydrogen-bond donors (Lipinski definition) is 0. The van der Waals surface area contributed by atoms with Gasteiger partial charge in [0.15, 0.2) is 11.5 Å². The van der Waals surface area contributed by atoms with Crippen LogP contribution in [0.4, 0.5) is 0 Å². The third-order valence-corrected chi connectivity index (χ3v) is 5.58. The summed E-state index contributed by atoms with van der Waals surface area (Å²) in [6.45, 7) is 2.19. The quantitative estimate of drug-likeness (QED) is 0.641. The largest absolute Gasteiger partial charge is 0.493 e. The van der Waals surface area contributed by atoms with E-state index in [9.17, 15) is 13.7 Å². The molecule has 2 aromatic rings. The van der Waals surface area contributed by atoms with Crippen LogP contribution >= 0.6 is 23.2 Å². The molecule has 2 aromatic carbocycles. The molecule has 0 spiro atoms. The molecule has 0 amide bonds. The van der Waals surface area contributed by atoms with Gasteiger partial charge in [-0.1, -0.05) is 23.2 Å². The number of allylic oxidation sites excluding steroid dienone is 1. The summed E-state index contributed by atoms with van der Waals surface area (Å²) in [5.41, 5.74) is 0.393. The van der Waals surface area contributed by atoms with E-state index in [0.717, 1.165) is 0 Å². The van der Waals surface area contributed by atoms with E-state index in [1.54, 1.807) is 19.1 Å². The van der Waals surface area contributed by atoms with Gasteiger partial charge in [-0.3, -0.25) is 0 Å². The minimum atomic E-state index is -3.99. The third-order valence-electron chi connectivity index (χ3n) is 3.36. The Balaban J connectivity index is 2.54. The van der Waals surface area contributed by atoms with Crippen LogP contribution in [0.1, 0.15) is 12.5 Å². The Morgan fingerprint density at radius 2 is 1.88 bits per heavy atom. The molecule has 0 N–H and O–H groups in total. The first kappa shape index (κ1) is 20.1. The molecule has 0 aliphatic heterocycles. The fraction of sp³-hybridized carbons (Fsp3) is 0.167. The van der Waals surface area contributed by atoms with Crippen LogP contribution in [0.5, 0.6) is 11.5 Å². The zero-order chi connectivity index (χ0) is 19.3. The second-order valence-electron chi connectivity index (χ2n) is 5.04. The van der Waals surface area contributed by atoms with Gasteiger partial charge in [-0.15, -0.1) is 0 Å². The summed E-state index contributed by atoms with van der Waals surface area (Å²) >= 11 is 12.0. The monoisotopic (exact) mass is 411 g/mol. The minimum Gasteiger partial charge on any atom is -0.493 e. The number of nitrogens with zero attached hydrogens (tertiary/aromatic N) is 1. The van der Waals surface area contributed by atoms with E-state index in [4.69, 9.17) is 32.7 Å². The molecule has 0 atom stereocenters. The van der Waals surface area contributed by atoms with Crippen molar-refractivity contribution in [2.45, 2.75) is 11.8 Å². The number of nitriles is 1. The van der Waals surface area contributed by atoms with Gasteiger partial charge < -0.3 is 9.47 Å². The molecule has 0 fully saturated rings. The van der Waals surface area contributed by atoms with Gasteiger partial charge in [-0.2, -0.15) is 5.26 Å². The molecule has 0 saturated heterocycles. The van der Waals surface area contributed by atoms with Gasteiger partial charge in [0.25, 0.3) is 0 Å². The van der Waals surface area contributed by atoms with Crippen LogP contribution in [0.15, 0.2) is 46.2 Å². The van der Waals surface area contributed by atoms with E-state index in [1.165, 1.54) is 43.5 Å². The fourth-order valence-electron chi connectivity index (χ4n) is 2.17. The number of ether oxygens (including phenoxy) is 2. The molecule has 0 aliphatic rings. The van der Waals surface area contributed by atoms with E-state index in [0.29, 0.717) is 28.7 Å². The van der Waals surface area contributed by atoms with Crippen LogP contribution in [0.2, 0.25) is 10.0 Å². The molecular formula is C18H15Cl2NO4S. The SMILES string of the molecule is CCOc1c(Cl)cc(/C=C(\C#N)S(=O)(=O)c2ccc(Cl)cc2)cc1OC. The first-order valence-electron chi connectivity index (χ1n) is 7.46. The van der Waals surface area contributed by atoms with Crippen molar-refractivity contribution in [3.63, 3.8) is 0 Å². The molecule has 0 unspecified atom stereocenters. The highest BCUT2D eigenvalue weighted by atomic mass is 35.5. The molecule has 26 heavy (non-hydrogen) atoms. The Labute approximate surface area is 162 Å². The molecule has 0 bridgehead atoms. The van der Waals surface area contributed by atoms with Gasteiger partial charge in [0, 0.05) is 5.02 Å². The van der Waals surface area contributed by atoms with Gasteiger partial charge in [0.1, 0.15) is 11.0 Å². The summed E-state index contributed by atoms with van der Waals surface area (Å²) < 4.78 is 36.0. The highest BCUT2D eigenvalue weighted by Crippen LogP contribution is 2.37. The third kappa shape index (κ3) is 4.31. The van der Waals surface area contributed by atoms with E-state index in [2.05, 4.69) is 0 Å². The lowest BCUT2D eigenvalue weighted by Crippen LogP contribution is -2.03. The molecule has 2 rings (SSSR count). The van der Waals surface area contributed by atoms with Crippen LogP contribution in [-0.4, -0.2) is 22.1 Å². The molecular weight excluding hydrogens is 397 g/mol. The predicted molar refractivity (Wildman–Crippen MR) is 101 cm³/mol. The fourth-order valence-corrected chi connectivity index (χ4v) is 3.73. The average molecular weight is 412 g/mol. The van der Waals surface area contributed by atoms with Crippen molar-refractivity contribution in [2.75, 3.05) is 13.7 Å².